The number of methoxy groups -OCH3 is 1. The molecule has 104 valence electrons. The summed E-state index contributed by atoms with van der Waals surface area (Å²) in [6.07, 6.45) is 2.70. The SMILES string of the molecule is COc1ccc(NC/C=C/C(=O)O)cc1C(C)(C)C. The molecule has 1 aromatic carbocycles. The minimum atomic E-state index is -0.938. The van der Waals surface area contributed by atoms with Crippen molar-refractivity contribution in [3.8, 4) is 5.75 Å². The number of carboxylic acid groups (broad SMARTS) is 1. The summed E-state index contributed by atoms with van der Waals surface area (Å²) in [7, 11) is 1.66. The number of hydrogen-bond acceptors (Lipinski definition) is 3. The zero-order valence-corrected chi connectivity index (χ0v) is 11.9. The number of nitrogens with one attached hydrogen (secondary N) is 1. The normalized spacial score (nSPS) is 11.6. The number of hydrogen-bond donors (Lipinski definition) is 2. The van der Waals surface area contributed by atoms with Crippen LogP contribution in [0.25, 0.3) is 0 Å². The minimum Gasteiger partial charge on any atom is -0.496 e. The molecule has 0 aliphatic rings. The summed E-state index contributed by atoms with van der Waals surface area (Å²) in [5.41, 5.74) is 2.04. The lowest BCUT2D eigenvalue weighted by molar-refractivity contribution is -0.131. The third-order valence-corrected chi connectivity index (χ3v) is 2.69. The first-order chi connectivity index (χ1) is 8.84. The highest BCUT2D eigenvalue weighted by Gasteiger charge is 2.19. The van der Waals surface area contributed by atoms with Gasteiger partial charge in [0, 0.05) is 23.9 Å². The number of rotatable bonds is 5. The van der Waals surface area contributed by atoms with Crippen molar-refractivity contribution >= 4 is 11.7 Å². The molecule has 0 radical (unpaired) electrons. The highest BCUT2D eigenvalue weighted by molar-refractivity contribution is 5.79. The quantitative estimate of drug-likeness (QED) is 0.802. The standard InChI is InChI=1S/C15H21NO3/c1-15(2,3)12-10-11(7-8-13(12)19-4)16-9-5-6-14(17)18/h5-8,10,16H,9H2,1-4H3,(H,17,18)/b6-5+. The van der Waals surface area contributed by atoms with E-state index >= 15 is 0 Å². The van der Waals surface area contributed by atoms with Crippen molar-refractivity contribution < 1.29 is 14.6 Å². The molecule has 0 amide bonds. The summed E-state index contributed by atoms with van der Waals surface area (Å²) in [5, 5.41) is 11.7. The summed E-state index contributed by atoms with van der Waals surface area (Å²) in [5.74, 6) is -0.0777. The molecule has 1 aromatic rings. The van der Waals surface area contributed by atoms with E-state index in [0.717, 1.165) is 23.1 Å². The molecule has 0 unspecified atom stereocenters. The lowest BCUT2D eigenvalue weighted by Crippen LogP contribution is -2.13. The molecular weight excluding hydrogens is 242 g/mol. The van der Waals surface area contributed by atoms with Gasteiger partial charge in [-0.05, 0) is 23.6 Å². The Kier molecular flexibility index (Phi) is 4.98. The molecule has 0 fully saturated rings. The summed E-state index contributed by atoms with van der Waals surface area (Å²) in [4.78, 5) is 10.3. The first-order valence-electron chi connectivity index (χ1n) is 6.16. The molecule has 4 nitrogen and oxygen atoms in total. The van der Waals surface area contributed by atoms with E-state index in [2.05, 4.69) is 26.1 Å². The molecular formula is C15H21NO3. The topological polar surface area (TPSA) is 58.6 Å². The fourth-order valence-electron chi connectivity index (χ4n) is 1.74. The molecule has 19 heavy (non-hydrogen) atoms. The van der Waals surface area contributed by atoms with E-state index in [4.69, 9.17) is 9.84 Å². The second kappa shape index (κ2) is 6.27. The predicted octanol–water partition coefficient (Wildman–Crippen LogP) is 3.05. The van der Waals surface area contributed by atoms with E-state index < -0.39 is 5.97 Å². The van der Waals surface area contributed by atoms with E-state index in [-0.39, 0.29) is 5.41 Å². The maximum Gasteiger partial charge on any atom is 0.328 e. The van der Waals surface area contributed by atoms with Crippen LogP contribution >= 0.6 is 0 Å². The first kappa shape index (κ1) is 15.1. The smallest absolute Gasteiger partial charge is 0.328 e. The molecule has 0 bridgehead atoms. The Bertz CT molecular complexity index is 473. The Morgan fingerprint density at radius 2 is 2.11 bits per heavy atom. The van der Waals surface area contributed by atoms with Gasteiger partial charge in [-0.1, -0.05) is 26.8 Å². The Hall–Kier alpha value is -1.97. The number of aliphatic carboxylic acids is 1. The molecule has 0 spiro atoms. The molecule has 0 heterocycles. The number of anilines is 1. The molecule has 0 atom stereocenters. The predicted molar refractivity (Wildman–Crippen MR) is 77.0 cm³/mol. The van der Waals surface area contributed by atoms with Gasteiger partial charge in [0.25, 0.3) is 0 Å². The highest BCUT2D eigenvalue weighted by Crippen LogP contribution is 2.33. The second-order valence-corrected chi connectivity index (χ2v) is 5.29. The van der Waals surface area contributed by atoms with Gasteiger partial charge in [0.2, 0.25) is 0 Å². The van der Waals surface area contributed by atoms with E-state index in [0.29, 0.717) is 6.54 Å². The second-order valence-electron chi connectivity index (χ2n) is 5.29. The van der Waals surface area contributed by atoms with Gasteiger partial charge in [-0.15, -0.1) is 0 Å². The maximum absolute atomic E-state index is 10.3. The number of ether oxygens (including phenoxy) is 1. The van der Waals surface area contributed by atoms with Gasteiger partial charge in [-0.3, -0.25) is 0 Å². The van der Waals surface area contributed by atoms with Crippen LogP contribution in [-0.2, 0) is 10.2 Å². The number of carbonyl (C=O) groups is 1. The van der Waals surface area contributed by atoms with Gasteiger partial charge in [0.15, 0.2) is 0 Å². The van der Waals surface area contributed by atoms with Crippen LogP contribution < -0.4 is 10.1 Å². The van der Waals surface area contributed by atoms with Crippen molar-refractivity contribution in [1.82, 2.24) is 0 Å². The van der Waals surface area contributed by atoms with Gasteiger partial charge in [-0.25, -0.2) is 4.79 Å². The van der Waals surface area contributed by atoms with E-state index in [1.807, 2.05) is 18.2 Å². The van der Waals surface area contributed by atoms with Crippen molar-refractivity contribution in [3.63, 3.8) is 0 Å². The van der Waals surface area contributed by atoms with Crippen molar-refractivity contribution in [2.75, 3.05) is 19.0 Å². The number of benzene rings is 1. The zero-order chi connectivity index (χ0) is 14.5. The Morgan fingerprint density at radius 1 is 1.42 bits per heavy atom. The van der Waals surface area contributed by atoms with Crippen LogP contribution in [0.5, 0.6) is 5.75 Å². The van der Waals surface area contributed by atoms with Gasteiger partial charge in [0.1, 0.15) is 5.75 Å². The summed E-state index contributed by atoms with van der Waals surface area (Å²) >= 11 is 0. The van der Waals surface area contributed by atoms with Crippen LogP contribution in [0.15, 0.2) is 30.4 Å². The molecule has 0 saturated heterocycles. The molecule has 4 heteroatoms. The average Bonchev–Trinajstić information content (AvgIpc) is 2.33. The van der Waals surface area contributed by atoms with Gasteiger partial charge in [-0.2, -0.15) is 0 Å². The lowest BCUT2D eigenvalue weighted by Gasteiger charge is -2.23. The van der Waals surface area contributed by atoms with Crippen molar-refractivity contribution in [2.45, 2.75) is 26.2 Å². The Morgan fingerprint density at radius 3 is 2.63 bits per heavy atom. The van der Waals surface area contributed by atoms with Crippen molar-refractivity contribution in [3.05, 3.63) is 35.9 Å². The van der Waals surface area contributed by atoms with E-state index in [1.165, 1.54) is 0 Å². The van der Waals surface area contributed by atoms with Crippen LogP contribution in [-0.4, -0.2) is 24.7 Å². The molecule has 0 aliphatic carbocycles. The first-order valence-corrected chi connectivity index (χ1v) is 6.16. The van der Waals surface area contributed by atoms with Crippen LogP contribution in [0.2, 0.25) is 0 Å². The number of carboxylic acids is 1. The fraction of sp³-hybridized carbons (Fsp3) is 0.400. The van der Waals surface area contributed by atoms with Gasteiger partial charge >= 0.3 is 5.97 Å². The third kappa shape index (κ3) is 4.66. The third-order valence-electron chi connectivity index (χ3n) is 2.69. The van der Waals surface area contributed by atoms with Gasteiger partial charge < -0.3 is 15.2 Å². The largest absolute Gasteiger partial charge is 0.496 e. The van der Waals surface area contributed by atoms with Crippen molar-refractivity contribution in [2.24, 2.45) is 0 Å². The molecule has 0 aromatic heterocycles. The summed E-state index contributed by atoms with van der Waals surface area (Å²) in [6, 6.07) is 5.87. The Balaban J connectivity index is 2.84. The minimum absolute atomic E-state index is 0.0140. The highest BCUT2D eigenvalue weighted by atomic mass is 16.5. The summed E-state index contributed by atoms with van der Waals surface area (Å²) < 4.78 is 5.36. The molecule has 2 N–H and O–H groups in total. The lowest BCUT2D eigenvalue weighted by atomic mass is 9.86. The monoisotopic (exact) mass is 263 g/mol. The average molecular weight is 263 g/mol. The molecule has 0 saturated carbocycles. The zero-order valence-electron chi connectivity index (χ0n) is 11.9. The molecule has 1 rings (SSSR count). The van der Waals surface area contributed by atoms with Crippen LogP contribution in [0, 0.1) is 0 Å². The van der Waals surface area contributed by atoms with Crippen molar-refractivity contribution in [1.29, 1.82) is 0 Å². The van der Waals surface area contributed by atoms with E-state index in [1.54, 1.807) is 13.2 Å². The van der Waals surface area contributed by atoms with Crippen LogP contribution in [0.3, 0.4) is 0 Å². The van der Waals surface area contributed by atoms with Crippen LogP contribution in [0.1, 0.15) is 26.3 Å². The molecule has 0 aliphatic heterocycles. The van der Waals surface area contributed by atoms with Crippen LogP contribution in [0.4, 0.5) is 5.69 Å². The van der Waals surface area contributed by atoms with Gasteiger partial charge in [0.05, 0.1) is 7.11 Å². The fourth-order valence-corrected chi connectivity index (χ4v) is 1.74. The Labute approximate surface area is 114 Å². The van der Waals surface area contributed by atoms with E-state index in [9.17, 15) is 4.79 Å². The maximum atomic E-state index is 10.3. The summed E-state index contributed by atoms with van der Waals surface area (Å²) in [6.45, 7) is 6.85.